The molecule has 4 fully saturated rings. The lowest BCUT2D eigenvalue weighted by Crippen LogP contribution is -2.65. The lowest BCUT2D eigenvalue weighted by atomic mass is 9.47. The van der Waals surface area contributed by atoms with Gasteiger partial charge in [-0.15, -0.1) is 0 Å². The van der Waals surface area contributed by atoms with Gasteiger partial charge in [-0.2, -0.15) is 0 Å². The molecule has 4 rings (SSSR count). The second-order valence-electron chi connectivity index (χ2n) is 7.17. The maximum Gasteiger partial charge on any atom is 0.307 e. The van der Waals surface area contributed by atoms with Crippen molar-refractivity contribution in [1.82, 2.24) is 4.90 Å². The van der Waals surface area contributed by atoms with Crippen LogP contribution in [0.15, 0.2) is 0 Å². The van der Waals surface area contributed by atoms with Crippen molar-refractivity contribution in [3.05, 3.63) is 0 Å². The van der Waals surface area contributed by atoms with E-state index in [0.29, 0.717) is 24.9 Å². The predicted octanol–water partition coefficient (Wildman–Crippen LogP) is 2.70. The fourth-order valence-corrected chi connectivity index (χ4v) is 5.62. The van der Waals surface area contributed by atoms with E-state index in [9.17, 15) is 4.79 Å². The number of esters is 1. The van der Waals surface area contributed by atoms with E-state index < -0.39 is 0 Å². The van der Waals surface area contributed by atoms with E-state index in [4.69, 9.17) is 4.74 Å². The van der Waals surface area contributed by atoms with Crippen LogP contribution in [-0.2, 0) is 9.53 Å². The van der Waals surface area contributed by atoms with Gasteiger partial charge in [-0.1, -0.05) is 0 Å². The van der Waals surface area contributed by atoms with Crippen LogP contribution in [0.25, 0.3) is 0 Å². The van der Waals surface area contributed by atoms with Gasteiger partial charge in [0.15, 0.2) is 0 Å². The Hall–Kier alpha value is -0.570. The molecular weight excluding hydrogens is 238 g/mol. The first-order chi connectivity index (χ1) is 9.06. The molecule has 4 aliphatic carbocycles. The van der Waals surface area contributed by atoms with Crippen molar-refractivity contribution in [3.63, 3.8) is 0 Å². The summed E-state index contributed by atoms with van der Waals surface area (Å²) in [5.74, 6) is 3.31. The van der Waals surface area contributed by atoms with Crippen molar-refractivity contribution in [2.45, 2.75) is 51.0 Å². The lowest BCUT2D eigenvalue weighted by Gasteiger charge is -2.63. The summed E-state index contributed by atoms with van der Waals surface area (Å²) in [6.07, 6.45) is 7.41. The van der Waals surface area contributed by atoms with E-state index in [1.165, 1.54) is 32.1 Å². The Morgan fingerprint density at radius 1 is 1.11 bits per heavy atom. The molecule has 0 N–H and O–H groups in total. The van der Waals surface area contributed by atoms with Crippen LogP contribution in [0.2, 0.25) is 0 Å². The van der Waals surface area contributed by atoms with E-state index in [0.717, 1.165) is 11.8 Å². The molecule has 108 valence electrons. The molecule has 0 amide bonds. The summed E-state index contributed by atoms with van der Waals surface area (Å²) >= 11 is 0. The summed E-state index contributed by atoms with van der Waals surface area (Å²) in [5.41, 5.74) is 0.0830. The van der Waals surface area contributed by atoms with Crippen LogP contribution in [0.3, 0.4) is 0 Å². The van der Waals surface area contributed by atoms with E-state index in [2.05, 4.69) is 19.0 Å². The first kappa shape index (κ1) is 13.4. The van der Waals surface area contributed by atoms with Crippen LogP contribution in [0.4, 0.5) is 0 Å². The van der Waals surface area contributed by atoms with Crippen molar-refractivity contribution in [2.75, 3.05) is 20.7 Å². The molecule has 0 radical (unpaired) electrons. The topological polar surface area (TPSA) is 29.5 Å². The van der Waals surface area contributed by atoms with Crippen LogP contribution >= 0.6 is 0 Å². The molecule has 4 saturated carbocycles. The first-order valence-corrected chi connectivity index (χ1v) is 7.89. The van der Waals surface area contributed by atoms with Crippen LogP contribution in [0.1, 0.15) is 45.4 Å². The fraction of sp³-hybridized carbons (Fsp3) is 0.938. The minimum atomic E-state index is 0.00340. The van der Waals surface area contributed by atoms with E-state index in [1.54, 1.807) is 0 Å². The highest BCUT2D eigenvalue weighted by molar-refractivity contribution is 5.71. The normalized spacial score (nSPS) is 43.8. The van der Waals surface area contributed by atoms with Gasteiger partial charge in [-0.05, 0) is 76.8 Å². The average molecular weight is 265 g/mol. The standard InChI is InChI=1S/C16H27NO2/c1-4-19-15(18)10-16(17(2)3)13-6-11-5-12(8-13)9-14(16)7-11/h11-14H,4-10H2,1-3H3. The average Bonchev–Trinajstić information content (AvgIpc) is 2.33. The highest BCUT2D eigenvalue weighted by Gasteiger charge is 2.58. The fourth-order valence-electron chi connectivity index (χ4n) is 5.62. The summed E-state index contributed by atoms with van der Waals surface area (Å²) in [4.78, 5) is 14.5. The highest BCUT2D eigenvalue weighted by Crippen LogP contribution is 2.60. The smallest absolute Gasteiger partial charge is 0.307 e. The monoisotopic (exact) mass is 265 g/mol. The lowest BCUT2D eigenvalue weighted by molar-refractivity contribution is -0.162. The Balaban J connectivity index is 1.86. The SMILES string of the molecule is CCOC(=O)CC1(N(C)C)C2CC3CC(C2)CC1C3. The highest BCUT2D eigenvalue weighted by atomic mass is 16.5. The van der Waals surface area contributed by atoms with Crippen molar-refractivity contribution in [3.8, 4) is 0 Å². The zero-order valence-corrected chi connectivity index (χ0v) is 12.5. The van der Waals surface area contributed by atoms with Gasteiger partial charge in [-0.3, -0.25) is 4.79 Å². The Labute approximate surface area is 116 Å². The molecule has 0 aromatic rings. The summed E-state index contributed by atoms with van der Waals surface area (Å²) in [6.45, 7) is 2.40. The summed E-state index contributed by atoms with van der Waals surface area (Å²) in [6, 6.07) is 0. The summed E-state index contributed by atoms with van der Waals surface area (Å²) in [5, 5.41) is 0. The van der Waals surface area contributed by atoms with Crippen LogP contribution in [0, 0.1) is 23.7 Å². The molecule has 3 heteroatoms. The van der Waals surface area contributed by atoms with Crippen LogP contribution < -0.4 is 0 Å². The molecule has 4 bridgehead atoms. The summed E-state index contributed by atoms with van der Waals surface area (Å²) < 4.78 is 5.26. The Bertz CT molecular complexity index is 336. The molecule has 0 spiro atoms. The van der Waals surface area contributed by atoms with Crippen LogP contribution in [-0.4, -0.2) is 37.1 Å². The van der Waals surface area contributed by atoms with Gasteiger partial charge in [0.1, 0.15) is 0 Å². The largest absolute Gasteiger partial charge is 0.466 e. The maximum atomic E-state index is 12.1. The van der Waals surface area contributed by atoms with Gasteiger partial charge in [0.2, 0.25) is 0 Å². The molecule has 4 aliphatic rings. The van der Waals surface area contributed by atoms with E-state index >= 15 is 0 Å². The number of carbonyl (C=O) groups excluding carboxylic acids is 1. The molecule has 19 heavy (non-hydrogen) atoms. The van der Waals surface area contributed by atoms with E-state index in [1.807, 2.05) is 6.92 Å². The van der Waals surface area contributed by atoms with Gasteiger partial charge in [0.05, 0.1) is 13.0 Å². The molecule has 0 heterocycles. The molecule has 0 atom stereocenters. The number of carbonyl (C=O) groups is 1. The predicted molar refractivity (Wildman–Crippen MR) is 74.7 cm³/mol. The van der Waals surface area contributed by atoms with E-state index in [-0.39, 0.29) is 11.5 Å². The van der Waals surface area contributed by atoms with Gasteiger partial charge in [0, 0.05) is 5.54 Å². The number of hydrogen-bond donors (Lipinski definition) is 0. The molecule has 0 aromatic carbocycles. The number of rotatable bonds is 4. The molecule has 0 aliphatic heterocycles. The minimum absolute atomic E-state index is 0.00340. The number of ether oxygens (including phenoxy) is 1. The molecule has 0 aromatic heterocycles. The quantitative estimate of drug-likeness (QED) is 0.732. The number of hydrogen-bond acceptors (Lipinski definition) is 3. The minimum Gasteiger partial charge on any atom is -0.466 e. The number of nitrogens with zero attached hydrogens (tertiary/aromatic N) is 1. The van der Waals surface area contributed by atoms with Gasteiger partial charge in [-0.25, -0.2) is 0 Å². The second-order valence-corrected chi connectivity index (χ2v) is 7.17. The second kappa shape index (κ2) is 4.76. The first-order valence-electron chi connectivity index (χ1n) is 7.89. The molecular formula is C16H27NO2. The van der Waals surface area contributed by atoms with Crippen molar-refractivity contribution < 1.29 is 9.53 Å². The van der Waals surface area contributed by atoms with Crippen molar-refractivity contribution in [1.29, 1.82) is 0 Å². The van der Waals surface area contributed by atoms with Gasteiger partial charge in [0.25, 0.3) is 0 Å². The Kier molecular flexibility index (Phi) is 3.36. The third kappa shape index (κ3) is 2.01. The zero-order chi connectivity index (χ0) is 13.6. The maximum absolute atomic E-state index is 12.1. The van der Waals surface area contributed by atoms with Gasteiger partial charge < -0.3 is 9.64 Å². The third-order valence-corrected chi connectivity index (χ3v) is 6.12. The van der Waals surface area contributed by atoms with Gasteiger partial charge >= 0.3 is 5.97 Å². The Morgan fingerprint density at radius 3 is 2.05 bits per heavy atom. The summed E-state index contributed by atoms with van der Waals surface area (Å²) in [7, 11) is 4.34. The van der Waals surface area contributed by atoms with Crippen LogP contribution in [0.5, 0.6) is 0 Å². The van der Waals surface area contributed by atoms with Crippen molar-refractivity contribution in [2.24, 2.45) is 23.7 Å². The van der Waals surface area contributed by atoms with Crippen molar-refractivity contribution >= 4 is 5.97 Å². The zero-order valence-electron chi connectivity index (χ0n) is 12.5. The molecule has 0 saturated heterocycles. The third-order valence-electron chi connectivity index (χ3n) is 6.12. The molecule has 0 unspecified atom stereocenters. The Morgan fingerprint density at radius 2 is 1.63 bits per heavy atom. The molecule has 3 nitrogen and oxygen atoms in total.